The van der Waals surface area contributed by atoms with Gasteiger partial charge in [0.25, 0.3) is 0 Å². The number of rotatable bonds is 8. The van der Waals surface area contributed by atoms with Gasteiger partial charge in [0.05, 0.1) is 0 Å². The van der Waals surface area contributed by atoms with E-state index >= 15 is 0 Å². The van der Waals surface area contributed by atoms with Crippen molar-refractivity contribution < 1.29 is 10.0 Å². The number of hydrogen-bond acceptors (Lipinski definition) is 2. The van der Waals surface area contributed by atoms with E-state index in [1.807, 2.05) is 6.07 Å². The lowest BCUT2D eigenvalue weighted by Gasteiger charge is -2.04. The van der Waals surface area contributed by atoms with Gasteiger partial charge in [-0.05, 0) is 30.9 Å². The number of hydroxylamine groups is 1. The molecule has 114 valence electrons. The number of unbranched alkanes of at least 4 members (excludes halogenated alkanes) is 4. The Labute approximate surface area is 127 Å². The first-order chi connectivity index (χ1) is 10.3. The molecule has 3 nitrogen and oxygen atoms in total. The average molecular weight is 287 g/mol. The van der Waals surface area contributed by atoms with Crippen molar-refractivity contribution in [2.75, 3.05) is 0 Å². The molecule has 0 unspecified atom stereocenters. The Bertz CT molecular complexity index is 485. The van der Waals surface area contributed by atoms with Crippen LogP contribution in [0.2, 0.25) is 0 Å². The lowest BCUT2D eigenvalue weighted by Crippen LogP contribution is -2.17. The van der Waals surface area contributed by atoms with Gasteiger partial charge in [0.15, 0.2) is 0 Å². The highest BCUT2D eigenvalue weighted by molar-refractivity contribution is 5.74. The summed E-state index contributed by atoms with van der Waals surface area (Å²) in [7, 11) is 0. The Hall–Kier alpha value is -1.79. The fourth-order valence-corrected chi connectivity index (χ4v) is 2.15. The van der Waals surface area contributed by atoms with Gasteiger partial charge in [-0.3, -0.25) is 10.0 Å². The SMILES string of the molecule is CCCCCCc1ccccc1C#CCCCC(=O)NO. The highest BCUT2D eigenvalue weighted by Crippen LogP contribution is 2.12. The first-order valence-corrected chi connectivity index (χ1v) is 7.77. The second kappa shape index (κ2) is 10.9. The van der Waals surface area contributed by atoms with Crippen molar-refractivity contribution in [1.29, 1.82) is 0 Å². The number of nitrogens with one attached hydrogen (secondary N) is 1. The van der Waals surface area contributed by atoms with E-state index < -0.39 is 0 Å². The van der Waals surface area contributed by atoms with Gasteiger partial charge in [0.2, 0.25) is 5.91 Å². The molecule has 1 rings (SSSR count). The minimum absolute atomic E-state index is 0.309. The van der Waals surface area contributed by atoms with Gasteiger partial charge in [0.1, 0.15) is 0 Å². The molecule has 0 spiro atoms. The molecule has 0 radical (unpaired) electrons. The van der Waals surface area contributed by atoms with Gasteiger partial charge in [0, 0.05) is 18.4 Å². The first kappa shape index (κ1) is 17.3. The normalized spacial score (nSPS) is 9.81. The summed E-state index contributed by atoms with van der Waals surface area (Å²) >= 11 is 0. The zero-order valence-electron chi connectivity index (χ0n) is 12.8. The maximum Gasteiger partial charge on any atom is 0.243 e. The summed E-state index contributed by atoms with van der Waals surface area (Å²) in [6, 6.07) is 8.28. The van der Waals surface area contributed by atoms with Gasteiger partial charge < -0.3 is 0 Å². The number of hydrogen-bond donors (Lipinski definition) is 2. The highest BCUT2D eigenvalue weighted by Gasteiger charge is 1.99. The number of amides is 1. The third-order valence-corrected chi connectivity index (χ3v) is 3.37. The second-order valence-corrected chi connectivity index (χ2v) is 5.16. The quantitative estimate of drug-likeness (QED) is 0.330. The lowest BCUT2D eigenvalue weighted by atomic mass is 10.0. The maximum absolute atomic E-state index is 10.9. The third-order valence-electron chi connectivity index (χ3n) is 3.37. The van der Waals surface area contributed by atoms with Gasteiger partial charge in [-0.1, -0.05) is 56.2 Å². The smallest absolute Gasteiger partial charge is 0.243 e. The summed E-state index contributed by atoms with van der Waals surface area (Å²) in [5.41, 5.74) is 4.04. The summed E-state index contributed by atoms with van der Waals surface area (Å²) in [6.07, 6.45) is 7.75. The molecule has 0 aliphatic carbocycles. The molecule has 1 aromatic carbocycles. The van der Waals surface area contributed by atoms with Crippen molar-refractivity contribution in [3.05, 3.63) is 35.4 Å². The van der Waals surface area contributed by atoms with Crippen LogP contribution in [0, 0.1) is 11.8 Å². The van der Waals surface area contributed by atoms with Gasteiger partial charge >= 0.3 is 0 Å². The molecule has 0 bridgehead atoms. The van der Waals surface area contributed by atoms with Crippen molar-refractivity contribution in [2.24, 2.45) is 0 Å². The van der Waals surface area contributed by atoms with E-state index in [-0.39, 0.29) is 5.91 Å². The summed E-state index contributed by atoms with van der Waals surface area (Å²) in [5, 5.41) is 8.39. The zero-order valence-corrected chi connectivity index (χ0v) is 12.8. The molecule has 2 N–H and O–H groups in total. The molecule has 0 saturated carbocycles. The number of aryl methyl sites for hydroxylation is 1. The van der Waals surface area contributed by atoms with Crippen LogP contribution in [0.15, 0.2) is 24.3 Å². The molecule has 1 aromatic rings. The Morgan fingerprint density at radius 3 is 2.76 bits per heavy atom. The summed E-state index contributed by atoms with van der Waals surface area (Å²) in [4.78, 5) is 10.9. The van der Waals surface area contributed by atoms with E-state index in [2.05, 4.69) is 37.0 Å². The minimum Gasteiger partial charge on any atom is -0.289 e. The van der Waals surface area contributed by atoms with Crippen LogP contribution in [0.3, 0.4) is 0 Å². The standard InChI is InChI=1S/C18H25NO2/c1-2-3-4-6-11-16-13-9-10-14-17(16)12-7-5-8-15-18(20)19-21/h9-10,13-14,21H,2-6,8,11,15H2,1H3,(H,19,20). The molecule has 0 aliphatic heterocycles. The molecular weight excluding hydrogens is 262 g/mol. The van der Waals surface area contributed by atoms with E-state index in [1.165, 1.54) is 31.2 Å². The monoisotopic (exact) mass is 287 g/mol. The molecule has 0 aliphatic rings. The fourth-order valence-electron chi connectivity index (χ4n) is 2.15. The van der Waals surface area contributed by atoms with Crippen molar-refractivity contribution in [2.45, 2.75) is 58.3 Å². The van der Waals surface area contributed by atoms with E-state index in [0.717, 1.165) is 12.0 Å². The highest BCUT2D eigenvalue weighted by atomic mass is 16.5. The van der Waals surface area contributed by atoms with E-state index in [0.29, 0.717) is 19.3 Å². The predicted molar refractivity (Wildman–Crippen MR) is 84.9 cm³/mol. The van der Waals surface area contributed by atoms with Crippen LogP contribution in [0.5, 0.6) is 0 Å². The molecule has 3 heteroatoms. The Balaban J connectivity index is 2.45. The van der Waals surface area contributed by atoms with Gasteiger partial charge in [-0.2, -0.15) is 0 Å². The van der Waals surface area contributed by atoms with Crippen LogP contribution < -0.4 is 5.48 Å². The average Bonchev–Trinajstić information content (AvgIpc) is 2.52. The topological polar surface area (TPSA) is 49.3 Å². The molecular formula is C18H25NO2. The van der Waals surface area contributed by atoms with Crippen molar-refractivity contribution in [3.63, 3.8) is 0 Å². The molecule has 0 heterocycles. The predicted octanol–water partition coefficient (Wildman–Crippen LogP) is 3.84. The molecule has 0 aromatic heterocycles. The minimum atomic E-state index is -0.354. The van der Waals surface area contributed by atoms with Crippen LogP contribution in [-0.2, 0) is 11.2 Å². The lowest BCUT2D eigenvalue weighted by molar-refractivity contribution is -0.129. The largest absolute Gasteiger partial charge is 0.289 e. The zero-order chi connectivity index (χ0) is 15.3. The Kier molecular flexibility index (Phi) is 8.99. The molecule has 0 saturated heterocycles. The van der Waals surface area contributed by atoms with Gasteiger partial charge in [-0.15, -0.1) is 0 Å². The van der Waals surface area contributed by atoms with E-state index in [4.69, 9.17) is 5.21 Å². The van der Waals surface area contributed by atoms with Crippen molar-refractivity contribution in [3.8, 4) is 11.8 Å². The summed E-state index contributed by atoms with van der Waals surface area (Å²) in [5.74, 6) is 5.96. The Morgan fingerprint density at radius 2 is 2.00 bits per heavy atom. The molecule has 21 heavy (non-hydrogen) atoms. The van der Waals surface area contributed by atoms with Gasteiger partial charge in [-0.25, -0.2) is 5.48 Å². The molecule has 0 fully saturated rings. The van der Waals surface area contributed by atoms with Crippen LogP contribution >= 0.6 is 0 Å². The van der Waals surface area contributed by atoms with Crippen LogP contribution in [0.25, 0.3) is 0 Å². The summed E-state index contributed by atoms with van der Waals surface area (Å²) in [6.45, 7) is 2.22. The van der Waals surface area contributed by atoms with E-state index in [9.17, 15) is 4.79 Å². The second-order valence-electron chi connectivity index (χ2n) is 5.16. The van der Waals surface area contributed by atoms with Crippen LogP contribution in [-0.4, -0.2) is 11.1 Å². The van der Waals surface area contributed by atoms with Crippen LogP contribution in [0.4, 0.5) is 0 Å². The summed E-state index contributed by atoms with van der Waals surface area (Å²) < 4.78 is 0. The number of carbonyl (C=O) groups is 1. The fraction of sp³-hybridized carbons (Fsp3) is 0.500. The third kappa shape index (κ3) is 7.53. The first-order valence-electron chi connectivity index (χ1n) is 7.77. The Morgan fingerprint density at radius 1 is 1.19 bits per heavy atom. The maximum atomic E-state index is 10.9. The van der Waals surface area contributed by atoms with Crippen molar-refractivity contribution in [1.82, 2.24) is 5.48 Å². The molecule has 1 amide bonds. The van der Waals surface area contributed by atoms with E-state index in [1.54, 1.807) is 5.48 Å². The number of carbonyl (C=O) groups excluding carboxylic acids is 1. The number of benzene rings is 1. The van der Waals surface area contributed by atoms with Crippen LogP contribution in [0.1, 0.15) is 63.0 Å². The van der Waals surface area contributed by atoms with Crippen molar-refractivity contribution >= 4 is 5.91 Å². The molecule has 0 atom stereocenters.